The van der Waals surface area contributed by atoms with Crippen molar-refractivity contribution >= 4 is 12.0 Å². The van der Waals surface area contributed by atoms with Gasteiger partial charge in [0.25, 0.3) is 0 Å². The maximum absolute atomic E-state index is 11.4. The molecule has 1 rings (SSSR count). The zero-order valence-corrected chi connectivity index (χ0v) is 11.5. The molecule has 0 fully saturated rings. The summed E-state index contributed by atoms with van der Waals surface area (Å²) < 4.78 is 9.93. The molecule has 0 aromatic carbocycles. The lowest BCUT2D eigenvalue weighted by molar-refractivity contribution is 0.0660. The van der Waals surface area contributed by atoms with E-state index in [0.29, 0.717) is 12.3 Å². The highest BCUT2D eigenvalue weighted by Crippen LogP contribution is 2.07. The molecule has 0 atom stereocenters. The fraction of sp³-hybridized carbons (Fsp3) is 0.538. The molecule has 0 radical (unpaired) electrons. The highest BCUT2D eigenvalue weighted by molar-refractivity contribution is 5.84. The van der Waals surface area contributed by atoms with Gasteiger partial charge in [0.15, 0.2) is 0 Å². The summed E-state index contributed by atoms with van der Waals surface area (Å²) in [5.41, 5.74) is 0. The van der Waals surface area contributed by atoms with E-state index in [-0.39, 0.29) is 18.3 Å². The van der Waals surface area contributed by atoms with Crippen LogP contribution in [0.25, 0.3) is 0 Å². The number of carbonyl (C=O) groups is 2. The Labute approximate surface area is 117 Å². The number of methoxy groups -OCH3 is 1. The lowest BCUT2D eigenvalue weighted by Gasteiger charge is -2.06. The van der Waals surface area contributed by atoms with Crippen molar-refractivity contribution in [2.45, 2.75) is 25.8 Å². The molecule has 7 heteroatoms. The van der Waals surface area contributed by atoms with Crippen LogP contribution in [0, 0.1) is 0 Å². The molecule has 0 saturated heterocycles. The Morgan fingerprint density at radius 3 is 2.70 bits per heavy atom. The number of ether oxygens (including phenoxy) is 1. The number of amides is 2. The number of furan rings is 1. The number of carbonyl (C=O) groups excluding carboxylic acids is 1. The summed E-state index contributed by atoms with van der Waals surface area (Å²) in [5, 5.41) is 14.0. The number of carboxylic acids is 1. The molecule has 20 heavy (non-hydrogen) atoms. The Hall–Kier alpha value is -2.02. The number of aromatic carboxylic acids is 1. The molecule has 0 aliphatic carbocycles. The van der Waals surface area contributed by atoms with Crippen LogP contribution in [0.1, 0.15) is 35.6 Å². The van der Waals surface area contributed by atoms with Gasteiger partial charge in [0.2, 0.25) is 5.76 Å². The van der Waals surface area contributed by atoms with E-state index in [2.05, 4.69) is 10.6 Å². The topological polar surface area (TPSA) is 101 Å². The molecule has 7 nitrogen and oxygen atoms in total. The highest BCUT2D eigenvalue weighted by atomic mass is 16.5. The van der Waals surface area contributed by atoms with Crippen LogP contribution < -0.4 is 10.6 Å². The molecule has 0 saturated carbocycles. The predicted octanol–water partition coefficient (Wildman–Crippen LogP) is 1.59. The van der Waals surface area contributed by atoms with Crippen LogP contribution >= 0.6 is 0 Å². The summed E-state index contributed by atoms with van der Waals surface area (Å²) in [7, 11) is 1.66. The van der Waals surface area contributed by atoms with E-state index in [4.69, 9.17) is 14.3 Å². The highest BCUT2D eigenvalue weighted by Gasteiger charge is 2.09. The van der Waals surface area contributed by atoms with E-state index in [9.17, 15) is 9.59 Å². The van der Waals surface area contributed by atoms with E-state index in [0.717, 1.165) is 25.9 Å². The van der Waals surface area contributed by atoms with E-state index in [1.54, 1.807) is 7.11 Å². The molecular weight excluding hydrogens is 264 g/mol. The third-order valence-electron chi connectivity index (χ3n) is 2.61. The Balaban J connectivity index is 2.11. The van der Waals surface area contributed by atoms with E-state index >= 15 is 0 Å². The standard InChI is InChI=1S/C13H20N2O5/c1-19-8-4-2-3-7-14-13(18)15-9-10-5-6-11(20-10)12(16)17/h5-6H,2-4,7-9H2,1H3,(H,16,17)(H2,14,15,18). The normalized spacial score (nSPS) is 10.2. The summed E-state index contributed by atoms with van der Waals surface area (Å²) >= 11 is 0. The summed E-state index contributed by atoms with van der Waals surface area (Å²) in [5.74, 6) is -0.866. The molecular formula is C13H20N2O5. The first kappa shape index (κ1) is 16.0. The van der Waals surface area contributed by atoms with Gasteiger partial charge in [0.05, 0.1) is 6.54 Å². The largest absolute Gasteiger partial charge is 0.475 e. The second-order valence-electron chi connectivity index (χ2n) is 4.23. The number of hydrogen-bond donors (Lipinski definition) is 3. The second kappa shape index (κ2) is 8.98. The lowest BCUT2D eigenvalue weighted by Crippen LogP contribution is -2.35. The summed E-state index contributed by atoms with van der Waals surface area (Å²) in [4.78, 5) is 22.0. The van der Waals surface area contributed by atoms with Gasteiger partial charge >= 0.3 is 12.0 Å². The van der Waals surface area contributed by atoms with Gasteiger partial charge in [0, 0.05) is 20.3 Å². The molecule has 1 aromatic heterocycles. The molecule has 1 heterocycles. The second-order valence-corrected chi connectivity index (χ2v) is 4.23. The first-order chi connectivity index (χ1) is 9.63. The van der Waals surface area contributed by atoms with Crippen molar-refractivity contribution in [3.05, 3.63) is 23.7 Å². The van der Waals surface area contributed by atoms with Gasteiger partial charge in [-0.05, 0) is 31.4 Å². The SMILES string of the molecule is COCCCCCNC(=O)NCc1ccc(C(=O)O)o1. The van der Waals surface area contributed by atoms with Crippen LogP contribution in [0.3, 0.4) is 0 Å². The Morgan fingerprint density at radius 1 is 1.25 bits per heavy atom. The van der Waals surface area contributed by atoms with Crippen LogP contribution in [-0.4, -0.2) is 37.4 Å². The summed E-state index contributed by atoms with van der Waals surface area (Å²) in [6, 6.07) is 2.58. The molecule has 0 unspecified atom stereocenters. The van der Waals surface area contributed by atoms with Gasteiger partial charge < -0.3 is 24.9 Å². The third-order valence-corrected chi connectivity index (χ3v) is 2.61. The molecule has 1 aromatic rings. The van der Waals surface area contributed by atoms with Crippen LogP contribution in [0.15, 0.2) is 16.5 Å². The molecule has 0 aliphatic rings. The average Bonchev–Trinajstić information content (AvgIpc) is 2.89. The predicted molar refractivity (Wildman–Crippen MR) is 71.6 cm³/mol. The van der Waals surface area contributed by atoms with Crippen molar-refractivity contribution in [1.29, 1.82) is 0 Å². The number of rotatable bonds is 9. The zero-order valence-electron chi connectivity index (χ0n) is 11.5. The van der Waals surface area contributed by atoms with Gasteiger partial charge in [-0.1, -0.05) is 0 Å². The average molecular weight is 284 g/mol. The molecule has 112 valence electrons. The quantitative estimate of drug-likeness (QED) is 0.598. The van der Waals surface area contributed by atoms with Crippen molar-refractivity contribution in [3.8, 4) is 0 Å². The minimum absolute atomic E-state index is 0.139. The number of nitrogens with one attached hydrogen (secondary N) is 2. The van der Waals surface area contributed by atoms with Crippen molar-refractivity contribution in [3.63, 3.8) is 0 Å². The molecule has 0 spiro atoms. The van der Waals surface area contributed by atoms with Crippen LogP contribution in [0.2, 0.25) is 0 Å². The molecule has 0 bridgehead atoms. The van der Waals surface area contributed by atoms with E-state index < -0.39 is 5.97 Å². The van der Waals surface area contributed by atoms with E-state index in [1.165, 1.54) is 12.1 Å². The molecule has 3 N–H and O–H groups in total. The van der Waals surface area contributed by atoms with Crippen molar-refractivity contribution in [1.82, 2.24) is 10.6 Å². The smallest absolute Gasteiger partial charge is 0.371 e. The van der Waals surface area contributed by atoms with Gasteiger partial charge in [0.1, 0.15) is 5.76 Å². The minimum atomic E-state index is -1.13. The van der Waals surface area contributed by atoms with Gasteiger partial charge in [-0.15, -0.1) is 0 Å². The van der Waals surface area contributed by atoms with Gasteiger partial charge in [-0.3, -0.25) is 0 Å². The Bertz CT molecular complexity index is 430. The fourth-order valence-electron chi connectivity index (χ4n) is 1.57. The minimum Gasteiger partial charge on any atom is -0.475 e. The molecule has 2 amide bonds. The summed E-state index contributed by atoms with van der Waals surface area (Å²) in [6.45, 7) is 1.48. The van der Waals surface area contributed by atoms with Crippen LogP contribution in [0.5, 0.6) is 0 Å². The lowest BCUT2D eigenvalue weighted by atomic mass is 10.2. The monoisotopic (exact) mass is 284 g/mol. The number of carboxylic acid groups (broad SMARTS) is 1. The number of urea groups is 1. The fourth-order valence-corrected chi connectivity index (χ4v) is 1.57. The van der Waals surface area contributed by atoms with Crippen LogP contribution in [0.4, 0.5) is 4.79 Å². The Kier molecular flexibility index (Phi) is 7.20. The molecule has 0 aliphatic heterocycles. The first-order valence-electron chi connectivity index (χ1n) is 6.46. The maximum Gasteiger partial charge on any atom is 0.371 e. The number of unbranched alkanes of at least 4 members (excludes halogenated alkanes) is 2. The first-order valence-corrected chi connectivity index (χ1v) is 6.46. The maximum atomic E-state index is 11.4. The Morgan fingerprint density at radius 2 is 2.05 bits per heavy atom. The van der Waals surface area contributed by atoms with Crippen LogP contribution in [-0.2, 0) is 11.3 Å². The van der Waals surface area contributed by atoms with Crippen molar-refractivity contribution < 1.29 is 23.8 Å². The number of hydrogen-bond acceptors (Lipinski definition) is 4. The zero-order chi connectivity index (χ0) is 14.8. The van der Waals surface area contributed by atoms with Gasteiger partial charge in [-0.2, -0.15) is 0 Å². The van der Waals surface area contributed by atoms with Crippen molar-refractivity contribution in [2.24, 2.45) is 0 Å². The third kappa shape index (κ3) is 6.24. The summed E-state index contributed by atoms with van der Waals surface area (Å²) in [6.07, 6.45) is 2.86. The van der Waals surface area contributed by atoms with Crippen molar-refractivity contribution in [2.75, 3.05) is 20.3 Å². The van der Waals surface area contributed by atoms with E-state index in [1.807, 2.05) is 0 Å². The van der Waals surface area contributed by atoms with Gasteiger partial charge in [-0.25, -0.2) is 9.59 Å².